The zero-order valence-electron chi connectivity index (χ0n) is 20.6. The lowest BCUT2D eigenvalue weighted by Gasteiger charge is -2.41. The van der Waals surface area contributed by atoms with Crippen molar-refractivity contribution >= 4 is 28.2 Å². The second-order valence-corrected chi connectivity index (χ2v) is 10.7. The van der Waals surface area contributed by atoms with E-state index < -0.39 is 10.7 Å². The van der Waals surface area contributed by atoms with E-state index in [4.69, 9.17) is 4.98 Å². The number of anilines is 2. The van der Waals surface area contributed by atoms with Gasteiger partial charge in [-0.1, -0.05) is 6.07 Å². The van der Waals surface area contributed by atoms with Crippen LogP contribution in [0.4, 0.5) is 11.6 Å². The maximum atomic E-state index is 13.1. The normalized spacial score (nSPS) is 19.9. The Balaban J connectivity index is 1.23. The number of rotatable bonds is 5. The van der Waals surface area contributed by atoms with Gasteiger partial charge in [-0.3, -0.25) is 9.69 Å². The summed E-state index contributed by atoms with van der Waals surface area (Å²) in [7, 11) is -2.83. The summed E-state index contributed by atoms with van der Waals surface area (Å²) in [6.07, 6.45) is 4.97. The molecule has 36 heavy (non-hydrogen) atoms. The Bertz CT molecular complexity index is 1360. The largest absolute Gasteiger partial charge is 0.336 e. The summed E-state index contributed by atoms with van der Waals surface area (Å²) in [4.78, 5) is 30.5. The zero-order valence-corrected chi connectivity index (χ0v) is 21.5. The standard InChI is InChI=1S/C26H30N6O3S/c1-16-8-17(2)10-21(9-16)29-26-28-13-20-14-31(15-23(20)30-26)22-5-7-32(18(3)11-22)25(33)19-4-6-27-24(12-19)36(34)35/h4,6,8-10,12-13,18,22,36H,5,7,11,14-15H2,1-3H3,(H,28,29,30)/t18-,22-/m1/s1. The number of likely N-dealkylation sites (tertiary alicyclic amines) is 1. The van der Waals surface area contributed by atoms with E-state index >= 15 is 0 Å². The number of thiol groups is 1. The molecule has 2 aliphatic rings. The topological polar surface area (TPSA) is 108 Å². The van der Waals surface area contributed by atoms with Crippen LogP contribution in [0.2, 0.25) is 0 Å². The fraction of sp³-hybridized carbons (Fsp3) is 0.385. The van der Waals surface area contributed by atoms with Crippen molar-refractivity contribution in [3.8, 4) is 0 Å². The quantitative estimate of drug-likeness (QED) is 0.508. The van der Waals surface area contributed by atoms with Gasteiger partial charge in [-0.05, 0) is 69.0 Å². The molecule has 2 aliphatic heterocycles. The van der Waals surface area contributed by atoms with Gasteiger partial charge in [0.05, 0.1) is 5.69 Å². The summed E-state index contributed by atoms with van der Waals surface area (Å²) in [5.41, 5.74) is 5.90. The maximum absolute atomic E-state index is 13.1. The van der Waals surface area contributed by atoms with Gasteiger partial charge in [0.15, 0.2) is 15.7 Å². The third kappa shape index (κ3) is 5.10. The lowest BCUT2D eigenvalue weighted by molar-refractivity contribution is 0.0460. The highest BCUT2D eigenvalue weighted by molar-refractivity contribution is 7.72. The first-order valence-corrected chi connectivity index (χ1v) is 13.3. The minimum absolute atomic E-state index is 0.0328. The van der Waals surface area contributed by atoms with Gasteiger partial charge in [0.2, 0.25) is 5.95 Å². The molecule has 0 radical (unpaired) electrons. The second-order valence-electron chi connectivity index (χ2n) is 9.76. The number of hydrogen-bond donors (Lipinski definition) is 2. The third-order valence-corrected chi connectivity index (χ3v) is 7.58. The van der Waals surface area contributed by atoms with E-state index in [0.29, 0.717) is 24.1 Å². The Morgan fingerprint density at radius 1 is 1.08 bits per heavy atom. The molecule has 1 saturated heterocycles. The predicted molar refractivity (Wildman–Crippen MR) is 137 cm³/mol. The summed E-state index contributed by atoms with van der Waals surface area (Å²) < 4.78 is 22.5. The van der Waals surface area contributed by atoms with Crippen molar-refractivity contribution in [1.29, 1.82) is 0 Å². The Morgan fingerprint density at radius 3 is 2.58 bits per heavy atom. The molecule has 10 heteroatoms. The van der Waals surface area contributed by atoms with E-state index in [2.05, 4.69) is 59.2 Å². The summed E-state index contributed by atoms with van der Waals surface area (Å²) >= 11 is 0. The number of pyridine rings is 1. The van der Waals surface area contributed by atoms with Crippen LogP contribution in [-0.4, -0.2) is 57.7 Å². The minimum atomic E-state index is -2.83. The average Bonchev–Trinajstić information content (AvgIpc) is 3.26. The Labute approximate surface area is 212 Å². The number of amides is 1. The highest BCUT2D eigenvalue weighted by Gasteiger charge is 2.35. The molecular formula is C26H30N6O3S. The predicted octanol–water partition coefficient (Wildman–Crippen LogP) is 3.21. The van der Waals surface area contributed by atoms with Gasteiger partial charge in [-0.25, -0.2) is 23.4 Å². The number of nitrogens with one attached hydrogen (secondary N) is 1. The minimum Gasteiger partial charge on any atom is -0.336 e. The molecule has 0 unspecified atom stereocenters. The van der Waals surface area contributed by atoms with Crippen LogP contribution in [0.15, 0.2) is 47.8 Å². The Kier molecular flexibility index (Phi) is 6.72. The molecule has 2 atom stereocenters. The molecule has 1 amide bonds. The summed E-state index contributed by atoms with van der Waals surface area (Å²) in [5, 5.41) is 3.25. The summed E-state index contributed by atoms with van der Waals surface area (Å²) in [6.45, 7) is 8.37. The van der Waals surface area contributed by atoms with Gasteiger partial charge >= 0.3 is 0 Å². The molecule has 1 N–H and O–H groups in total. The van der Waals surface area contributed by atoms with Gasteiger partial charge in [-0.2, -0.15) is 0 Å². The van der Waals surface area contributed by atoms with Crippen LogP contribution >= 0.6 is 0 Å². The Morgan fingerprint density at radius 2 is 1.86 bits per heavy atom. The van der Waals surface area contributed by atoms with Gasteiger partial charge in [0.25, 0.3) is 5.91 Å². The number of fused-ring (bicyclic) bond motifs is 1. The second kappa shape index (κ2) is 9.94. The van der Waals surface area contributed by atoms with Crippen molar-refractivity contribution in [1.82, 2.24) is 24.8 Å². The lowest BCUT2D eigenvalue weighted by atomic mass is 9.96. The molecule has 0 bridgehead atoms. The molecule has 0 aliphatic carbocycles. The van der Waals surface area contributed by atoms with E-state index in [0.717, 1.165) is 42.9 Å². The van der Waals surface area contributed by atoms with Gasteiger partial charge in [0, 0.05) is 60.9 Å². The van der Waals surface area contributed by atoms with E-state index in [1.807, 2.05) is 11.1 Å². The molecule has 9 nitrogen and oxygen atoms in total. The first-order valence-electron chi connectivity index (χ1n) is 12.1. The highest BCUT2D eigenvalue weighted by atomic mass is 32.2. The van der Waals surface area contributed by atoms with Crippen LogP contribution in [0.5, 0.6) is 0 Å². The number of aromatic nitrogens is 3. The van der Waals surface area contributed by atoms with Crippen molar-refractivity contribution in [3.05, 3.63) is 70.7 Å². The lowest BCUT2D eigenvalue weighted by Crippen LogP contribution is -2.50. The first kappa shape index (κ1) is 24.3. The van der Waals surface area contributed by atoms with Crippen LogP contribution in [0.1, 0.15) is 52.5 Å². The molecule has 1 aromatic carbocycles. The van der Waals surface area contributed by atoms with Crippen molar-refractivity contribution in [2.24, 2.45) is 0 Å². The molecule has 0 saturated carbocycles. The smallest absolute Gasteiger partial charge is 0.254 e. The number of piperidine rings is 1. The molecular weight excluding hydrogens is 476 g/mol. The monoisotopic (exact) mass is 506 g/mol. The van der Waals surface area contributed by atoms with E-state index in [1.54, 1.807) is 6.07 Å². The number of nitrogens with zero attached hydrogens (tertiary/aromatic N) is 5. The third-order valence-electron chi connectivity index (χ3n) is 6.96. The van der Waals surface area contributed by atoms with Gasteiger partial charge in [-0.15, -0.1) is 0 Å². The van der Waals surface area contributed by atoms with Crippen LogP contribution in [0, 0.1) is 13.8 Å². The van der Waals surface area contributed by atoms with Crippen LogP contribution < -0.4 is 5.32 Å². The van der Waals surface area contributed by atoms with E-state index in [1.165, 1.54) is 23.4 Å². The molecule has 3 aromatic rings. The number of benzene rings is 1. The zero-order chi connectivity index (χ0) is 25.4. The van der Waals surface area contributed by atoms with Gasteiger partial charge < -0.3 is 10.2 Å². The molecule has 188 valence electrons. The number of carbonyl (C=O) groups is 1. The van der Waals surface area contributed by atoms with Crippen molar-refractivity contribution in [3.63, 3.8) is 0 Å². The fourth-order valence-electron chi connectivity index (χ4n) is 5.27. The van der Waals surface area contributed by atoms with Crippen molar-refractivity contribution in [2.45, 2.75) is 63.8 Å². The molecule has 1 fully saturated rings. The average molecular weight is 507 g/mol. The van der Waals surface area contributed by atoms with Crippen LogP contribution in [0.25, 0.3) is 0 Å². The Hall–Kier alpha value is -3.37. The summed E-state index contributed by atoms with van der Waals surface area (Å²) in [6, 6.07) is 9.59. The molecule has 4 heterocycles. The number of hydrogen-bond acceptors (Lipinski definition) is 8. The maximum Gasteiger partial charge on any atom is 0.254 e. The SMILES string of the molecule is Cc1cc(C)cc(Nc2ncc3c(n2)CN([C@@H]2CCN(C(=O)c4ccnc([SH](=O)=O)c4)[C@H](C)C2)C3)c1. The van der Waals surface area contributed by atoms with Gasteiger partial charge in [0.1, 0.15) is 0 Å². The molecule has 5 rings (SSSR count). The number of aryl methyl sites for hydroxylation is 2. The molecule has 0 spiro atoms. The van der Waals surface area contributed by atoms with Crippen molar-refractivity contribution in [2.75, 3.05) is 11.9 Å². The fourth-order valence-corrected chi connectivity index (χ4v) is 5.68. The van der Waals surface area contributed by atoms with E-state index in [-0.39, 0.29) is 17.0 Å². The molecule has 2 aromatic heterocycles. The van der Waals surface area contributed by atoms with Crippen molar-refractivity contribution < 1.29 is 13.2 Å². The van der Waals surface area contributed by atoms with Crippen LogP contribution in [0.3, 0.4) is 0 Å². The first-order chi connectivity index (χ1) is 17.3. The van der Waals surface area contributed by atoms with Crippen LogP contribution in [-0.2, 0) is 23.8 Å². The summed E-state index contributed by atoms with van der Waals surface area (Å²) in [5.74, 6) is 0.449. The van der Waals surface area contributed by atoms with E-state index in [9.17, 15) is 13.2 Å². The number of carbonyl (C=O) groups excluding carboxylic acids is 1. The highest BCUT2D eigenvalue weighted by Crippen LogP contribution is 2.31.